The van der Waals surface area contributed by atoms with Gasteiger partial charge in [0.2, 0.25) is 0 Å². The van der Waals surface area contributed by atoms with Gasteiger partial charge in [0.05, 0.1) is 5.71 Å². The summed E-state index contributed by atoms with van der Waals surface area (Å²) in [5.74, 6) is -1.57. The van der Waals surface area contributed by atoms with Crippen molar-refractivity contribution < 1.29 is 9.59 Å². The zero-order chi connectivity index (χ0) is 13.5. The molecule has 2 amide bonds. The van der Waals surface area contributed by atoms with E-state index < -0.39 is 11.8 Å². The number of hydrogen-bond donors (Lipinski definition) is 2. The molecule has 3 N–H and O–H groups in total. The van der Waals surface area contributed by atoms with Gasteiger partial charge in [0.15, 0.2) is 0 Å². The zero-order valence-corrected chi connectivity index (χ0v) is 10.5. The third-order valence-electron chi connectivity index (χ3n) is 2.22. The van der Waals surface area contributed by atoms with Gasteiger partial charge in [-0.15, -0.1) is 0 Å². The maximum absolute atomic E-state index is 11.1. The topological polar surface area (TPSA) is 84.6 Å². The van der Waals surface area contributed by atoms with Crippen LogP contribution in [0.2, 0.25) is 0 Å². The van der Waals surface area contributed by atoms with E-state index >= 15 is 0 Å². The minimum atomic E-state index is -1.05. The third-order valence-corrected chi connectivity index (χ3v) is 2.22. The van der Waals surface area contributed by atoms with E-state index in [2.05, 4.69) is 10.5 Å². The van der Waals surface area contributed by atoms with Crippen molar-refractivity contribution >= 4 is 17.5 Å². The number of hydrazone groups is 1. The van der Waals surface area contributed by atoms with Crippen molar-refractivity contribution in [3.8, 4) is 0 Å². The highest BCUT2D eigenvalue weighted by atomic mass is 16.2. The second-order valence-electron chi connectivity index (χ2n) is 4.33. The Bertz CT molecular complexity index is 453. The number of hydrogen-bond acceptors (Lipinski definition) is 3. The number of nitrogens with two attached hydrogens (primary N) is 1. The molecule has 0 atom stereocenters. The number of carbonyl (C=O) groups is 2. The molecular weight excluding hydrogens is 230 g/mol. The first-order valence-corrected chi connectivity index (χ1v) is 5.72. The van der Waals surface area contributed by atoms with E-state index in [0.29, 0.717) is 12.3 Å². The number of primary amides is 1. The predicted molar refractivity (Wildman–Crippen MR) is 69.8 cm³/mol. The molecular formula is C13H17N3O2. The Morgan fingerprint density at radius 2 is 1.89 bits per heavy atom. The van der Waals surface area contributed by atoms with Gasteiger partial charge < -0.3 is 5.73 Å². The summed E-state index contributed by atoms with van der Waals surface area (Å²) in [5.41, 5.74) is 8.64. The summed E-state index contributed by atoms with van der Waals surface area (Å²) in [6.45, 7) is 4.10. The Labute approximate surface area is 106 Å². The van der Waals surface area contributed by atoms with Gasteiger partial charge in [-0.25, -0.2) is 5.43 Å². The van der Waals surface area contributed by atoms with E-state index in [4.69, 9.17) is 5.73 Å². The van der Waals surface area contributed by atoms with E-state index in [9.17, 15) is 9.59 Å². The van der Waals surface area contributed by atoms with Crippen molar-refractivity contribution in [3.05, 3.63) is 35.9 Å². The lowest BCUT2D eigenvalue weighted by Crippen LogP contribution is -2.33. The summed E-state index contributed by atoms with van der Waals surface area (Å²) in [5, 5.41) is 3.97. The second-order valence-corrected chi connectivity index (χ2v) is 4.33. The van der Waals surface area contributed by atoms with Crippen molar-refractivity contribution in [2.75, 3.05) is 0 Å². The molecule has 1 aromatic rings. The SMILES string of the molecule is CC(C)C/C(=N\NC(=O)C(N)=O)c1ccccc1. The molecule has 0 aliphatic heterocycles. The maximum Gasteiger partial charge on any atom is 0.329 e. The maximum atomic E-state index is 11.1. The van der Waals surface area contributed by atoms with Gasteiger partial charge >= 0.3 is 11.8 Å². The van der Waals surface area contributed by atoms with Gasteiger partial charge in [-0.05, 0) is 17.9 Å². The first-order chi connectivity index (χ1) is 8.50. The molecule has 0 aromatic heterocycles. The minimum Gasteiger partial charge on any atom is -0.361 e. The fraction of sp³-hybridized carbons (Fsp3) is 0.308. The molecule has 1 rings (SSSR count). The lowest BCUT2D eigenvalue weighted by atomic mass is 10.0. The molecule has 5 nitrogen and oxygen atoms in total. The van der Waals surface area contributed by atoms with Crippen LogP contribution in [0.5, 0.6) is 0 Å². The van der Waals surface area contributed by atoms with E-state index in [1.54, 1.807) is 0 Å². The van der Waals surface area contributed by atoms with Crippen molar-refractivity contribution in [2.24, 2.45) is 16.8 Å². The Balaban J connectivity index is 2.88. The minimum absolute atomic E-state index is 0.384. The number of amides is 2. The quantitative estimate of drug-likeness (QED) is 0.473. The van der Waals surface area contributed by atoms with Crippen molar-refractivity contribution in [3.63, 3.8) is 0 Å². The van der Waals surface area contributed by atoms with Crippen LogP contribution in [-0.4, -0.2) is 17.5 Å². The van der Waals surface area contributed by atoms with Crippen LogP contribution in [0.25, 0.3) is 0 Å². The Kier molecular flexibility index (Phi) is 5.05. The van der Waals surface area contributed by atoms with Crippen LogP contribution in [0.3, 0.4) is 0 Å². The number of nitrogens with zero attached hydrogens (tertiary/aromatic N) is 1. The van der Waals surface area contributed by atoms with Crippen LogP contribution < -0.4 is 11.2 Å². The highest BCUT2D eigenvalue weighted by molar-refractivity contribution is 6.34. The van der Waals surface area contributed by atoms with E-state index in [1.807, 2.05) is 44.2 Å². The van der Waals surface area contributed by atoms with Gasteiger partial charge in [0.25, 0.3) is 0 Å². The number of carbonyl (C=O) groups excluding carboxylic acids is 2. The highest BCUT2D eigenvalue weighted by Gasteiger charge is 2.10. The molecule has 1 aromatic carbocycles. The normalized spacial score (nSPS) is 11.4. The fourth-order valence-corrected chi connectivity index (χ4v) is 1.42. The first-order valence-electron chi connectivity index (χ1n) is 5.72. The van der Waals surface area contributed by atoms with Crippen LogP contribution in [-0.2, 0) is 9.59 Å². The Morgan fingerprint density at radius 3 is 2.39 bits per heavy atom. The molecule has 0 aliphatic rings. The third kappa shape index (κ3) is 4.37. The van der Waals surface area contributed by atoms with E-state index in [1.165, 1.54) is 0 Å². The molecule has 0 bridgehead atoms. The van der Waals surface area contributed by atoms with Crippen LogP contribution in [0.4, 0.5) is 0 Å². The van der Waals surface area contributed by atoms with Crippen molar-refractivity contribution in [1.82, 2.24) is 5.43 Å². The van der Waals surface area contributed by atoms with Gasteiger partial charge in [-0.2, -0.15) is 5.10 Å². The molecule has 0 saturated carbocycles. The van der Waals surface area contributed by atoms with Crippen LogP contribution in [0.15, 0.2) is 35.4 Å². The lowest BCUT2D eigenvalue weighted by Gasteiger charge is -2.09. The summed E-state index contributed by atoms with van der Waals surface area (Å²) in [6, 6.07) is 9.48. The molecule has 0 saturated heterocycles. The van der Waals surface area contributed by atoms with Gasteiger partial charge in [-0.3, -0.25) is 9.59 Å². The molecule has 96 valence electrons. The molecule has 18 heavy (non-hydrogen) atoms. The lowest BCUT2D eigenvalue weighted by molar-refractivity contribution is -0.137. The summed E-state index contributed by atoms with van der Waals surface area (Å²) in [4.78, 5) is 21.7. The number of rotatable bonds is 4. The molecule has 0 radical (unpaired) electrons. The average molecular weight is 247 g/mol. The van der Waals surface area contributed by atoms with E-state index in [0.717, 1.165) is 11.3 Å². The van der Waals surface area contributed by atoms with Gasteiger partial charge in [0, 0.05) is 0 Å². The smallest absolute Gasteiger partial charge is 0.329 e. The number of benzene rings is 1. The molecule has 0 aliphatic carbocycles. The van der Waals surface area contributed by atoms with Crippen LogP contribution in [0, 0.1) is 5.92 Å². The first kappa shape index (κ1) is 13.9. The van der Waals surface area contributed by atoms with Crippen LogP contribution >= 0.6 is 0 Å². The Hall–Kier alpha value is -2.17. The number of nitrogens with one attached hydrogen (secondary N) is 1. The largest absolute Gasteiger partial charge is 0.361 e. The molecule has 0 heterocycles. The monoisotopic (exact) mass is 247 g/mol. The fourth-order valence-electron chi connectivity index (χ4n) is 1.42. The molecule has 0 fully saturated rings. The Morgan fingerprint density at radius 1 is 1.28 bits per heavy atom. The summed E-state index contributed by atoms with van der Waals surface area (Å²) >= 11 is 0. The summed E-state index contributed by atoms with van der Waals surface area (Å²) in [6.07, 6.45) is 0.697. The average Bonchev–Trinajstić information content (AvgIpc) is 2.34. The molecule has 0 unspecified atom stereocenters. The molecule has 0 spiro atoms. The van der Waals surface area contributed by atoms with E-state index in [-0.39, 0.29) is 0 Å². The zero-order valence-electron chi connectivity index (χ0n) is 10.5. The van der Waals surface area contributed by atoms with Crippen molar-refractivity contribution in [1.29, 1.82) is 0 Å². The standard InChI is InChI=1S/C13H17N3O2/c1-9(2)8-11(10-6-4-3-5-7-10)15-16-13(18)12(14)17/h3-7,9H,8H2,1-2H3,(H2,14,17)(H,16,18)/b15-11+. The van der Waals surface area contributed by atoms with Gasteiger partial charge in [0.1, 0.15) is 0 Å². The summed E-state index contributed by atoms with van der Waals surface area (Å²) < 4.78 is 0. The van der Waals surface area contributed by atoms with Crippen molar-refractivity contribution in [2.45, 2.75) is 20.3 Å². The predicted octanol–water partition coefficient (Wildman–Crippen LogP) is 1.04. The van der Waals surface area contributed by atoms with Gasteiger partial charge in [-0.1, -0.05) is 44.2 Å². The molecule has 5 heteroatoms. The second kappa shape index (κ2) is 6.54. The highest BCUT2D eigenvalue weighted by Crippen LogP contribution is 2.09. The summed E-state index contributed by atoms with van der Waals surface area (Å²) in [7, 11) is 0. The van der Waals surface area contributed by atoms with Crippen LogP contribution in [0.1, 0.15) is 25.8 Å².